The van der Waals surface area contributed by atoms with E-state index in [-0.39, 0.29) is 18.2 Å². The summed E-state index contributed by atoms with van der Waals surface area (Å²) in [4.78, 5) is 25.7. The Hall–Kier alpha value is -1.30. The van der Waals surface area contributed by atoms with E-state index in [0.717, 1.165) is 0 Å². The summed E-state index contributed by atoms with van der Waals surface area (Å²) >= 11 is 11.7. The molecule has 0 aliphatic carbocycles. The number of likely N-dealkylation sites (N-methyl/N-ethyl adjacent to an activating group) is 1. The molecule has 1 saturated heterocycles. The molecule has 1 aliphatic rings. The van der Waals surface area contributed by atoms with Crippen molar-refractivity contribution < 1.29 is 14.3 Å². The second kappa shape index (κ2) is 7.11. The summed E-state index contributed by atoms with van der Waals surface area (Å²) in [6, 6.07) is 4.76. The quantitative estimate of drug-likeness (QED) is 0.922. The topological polar surface area (TPSA) is 58.6 Å². The molecule has 1 aliphatic heterocycles. The van der Waals surface area contributed by atoms with Crippen molar-refractivity contribution in [2.75, 3.05) is 25.0 Å². The smallest absolute Gasteiger partial charge is 0.252 e. The predicted octanol–water partition coefficient (Wildman–Crippen LogP) is 2.57. The van der Waals surface area contributed by atoms with E-state index in [1.807, 2.05) is 6.92 Å². The second-order valence-electron chi connectivity index (χ2n) is 4.69. The summed E-state index contributed by atoms with van der Waals surface area (Å²) < 4.78 is 5.37. The van der Waals surface area contributed by atoms with E-state index in [2.05, 4.69) is 5.32 Å². The maximum absolute atomic E-state index is 12.0. The maximum atomic E-state index is 12.0. The van der Waals surface area contributed by atoms with E-state index in [9.17, 15) is 9.59 Å². The third-order valence-electron chi connectivity index (χ3n) is 3.17. The number of benzene rings is 1. The van der Waals surface area contributed by atoms with Crippen LogP contribution >= 0.6 is 23.2 Å². The van der Waals surface area contributed by atoms with Crippen LogP contribution in [0.3, 0.4) is 0 Å². The van der Waals surface area contributed by atoms with Crippen molar-refractivity contribution in [1.82, 2.24) is 4.90 Å². The molecule has 1 unspecified atom stereocenters. The summed E-state index contributed by atoms with van der Waals surface area (Å²) in [6.07, 6.45) is -0.757. The summed E-state index contributed by atoms with van der Waals surface area (Å²) in [6.45, 7) is 3.52. The average molecular weight is 331 g/mol. The molecule has 0 spiro atoms. The van der Waals surface area contributed by atoms with Gasteiger partial charge in [-0.15, -0.1) is 0 Å². The van der Waals surface area contributed by atoms with Gasteiger partial charge >= 0.3 is 0 Å². The minimum absolute atomic E-state index is 0.0283. The number of nitrogens with zero attached hydrogens (tertiary/aromatic N) is 1. The third kappa shape index (κ3) is 4.33. The minimum atomic E-state index is -0.728. The third-order valence-corrected chi connectivity index (χ3v) is 3.60. The Labute approximate surface area is 133 Å². The Kier molecular flexibility index (Phi) is 5.45. The molecule has 0 radical (unpaired) electrons. The Balaban J connectivity index is 1.96. The first kappa shape index (κ1) is 16.1. The number of nitrogens with one attached hydrogen (secondary N) is 1. The van der Waals surface area contributed by atoms with Gasteiger partial charge in [-0.25, -0.2) is 0 Å². The van der Waals surface area contributed by atoms with Crippen LogP contribution in [0.5, 0.6) is 0 Å². The molecule has 0 saturated carbocycles. The normalized spacial score (nSPS) is 18.7. The van der Waals surface area contributed by atoms with Crippen molar-refractivity contribution in [3.05, 3.63) is 28.2 Å². The SMILES string of the molecule is CCN1CCOC(CC(=O)Nc2cc(Cl)cc(Cl)c2)C1=O. The van der Waals surface area contributed by atoms with Gasteiger partial charge in [-0.3, -0.25) is 9.59 Å². The average Bonchev–Trinajstić information content (AvgIpc) is 2.40. The Morgan fingerprint density at radius 3 is 2.67 bits per heavy atom. The van der Waals surface area contributed by atoms with Gasteiger partial charge in [0.25, 0.3) is 5.91 Å². The first-order valence-electron chi connectivity index (χ1n) is 6.66. The van der Waals surface area contributed by atoms with E-state index < -0.39 is 6.10 Å². The number of carbonyl (C=O) groups is 2. The van der Waals surface area contributed by atoms with Gasteiger partial charge in [0, 0.05) is 28.8 Å². The van der Waals surface area contributed by atoms with Crippen LogP contribution in [0.1, 0.15) is 13.3 Å². The van der Waals surface area contributed by atoms with Crippen molar-refractivity contribution in [1.29, 1.82) is 0 Å². The Morgan fingerprint density at radius 1 is 1.38 bits per heavy atom. The zero-order valence-electron chi connectivity index (χ0n) is 11.6. The Bertz CT molecular complexity index is 531. The van der Waals surface area contributed by atoms with Gasteiger partial charge in [0.05, 0.1) is 13.0 Å². The molecule has 1 aromatic rings. The lowest BCUT2D eigenvalue weighted by Gasteiger charge is -2.31. The number of amides is 2. The minimum Gasteiger partial charge on any atom is -0.366 e. The van der Waals surface area contributed by atoms with Crippen molar-refractivity contribution in [2.24, 2.45) is 0 Å². The standard InChI is InChI=1S/C14H16Cl2N2O3/c1-2-18-3-4-21-12(14(18)20)8-13(19)17-11-6-9(15)5-10(16)7-11/h5-7,12H,2-4,8H2,1H3,(H,17,19). The molecule has 2 rings (SSSR count). The number of morpholine rings is 1. The Morgan fingerprint density at radius 2 is 2.05 bits per heavy atom. The van der Waals surface area contributed by atoms with Gasteiger partial charge in [0.1, 0.15) is 6.10 Å². The number of halogens is 2. The van der Waals surface area contributed by atoms with Gasteiger partial charge in [0.2, 0.25) is 5.91 Å². The van der Waals surface area contributed by atoms with Crippen LogP contribution in [0.2, 0.25) is 10.0 Å². The lowest BCUT2D eigenvalue weighted by atomic mass is 10.1. The molecule has 5 nitrogen and oxygen atoms in total. The number of anilines is 1. The monoisotopic (exact) mass is 330 g/mol. The van der Waals surface area contributed by atoms with Crippen LogP contribution in [0.25, 0.3) is 0 Å². The van der Waals surface area contributed by atoms with E-state index in [1.165, 1.54) is 0 Å². The van der Waals surface area contributed by atoms with Crippen LogP contribution in [-0.2, 0) is 14.3 Å². The lowest BCUT2D eigenvalue weighted by Crippen LogP contribution is -2.48. The molecule has 7 heteroatoms. The van der Waals surface area contributed by atoms with Gasteiger partial charge in [-0.05, 0) is 25.1 Å². The molecule has 0 bridgehead atoms. The number of rotatable bonds is 4. The molecule has 1 heterocycles. The second-order valence-corrected chi connectivity index (χ2v) is 5.56. The summed E-state index contributed by atoms with van der Waals surface area (Å²) in [5, 5.41) is 3.53. The van der Waals surface area contributed by atoms with Crippen molar-refractivity contribution in [2.45, 2.75) is 19.4 Å². The first-order chi connectivity index (χ1) is 9.99. The number of hydrogen-bond acceptors (Lipinski definition) is 3. The number of hydrogen-bond donors (Lipinski definition) is 1. The zero-order valence-corrected chi connectivity index (χ0v) is 13.1. The molecule has 21 heavy (non-hydrogen) atoms. The van der Waals surface area contributed by atoms with Crippen molar-refractivity contribution in [3.8, 4) is 0 Å². The molecule has 1 aromatic carbocycles. The zero-order chi connectivity index (χ0) is 15.4. The van der Waals surface area contributed by atoms with Crippen LogP contribution in [0.4, 0.5) is 5.69 Å². The van der Waals surface area contributed by atoms with E-state index >= 15 is 0 Å². The molecule has 114 valence electrons. The van der Waals surface area contributed by atoms with Crippen molar-refractivity contribution >= 4 is 40.7 Å². The van der Waals surface area contributed by atoms with E-state index in [1.54, 1.807) is 23.1 Å². The van der Waals surface area contributed by atoms with Gasteiger partial charge in [-0.2, -0.15) is 0 Å². The first-order valence-corrected chi connectivity index (χ1v) is 7.41. The largest absolute Gasteiger partial charge is 0.366 e. The van der Waals surface area contributed by atoms with Gasteiger partial charge in [-0.1, -0.05) is 23.2 Å². The molecular weight excluding hydrogens is 315 g/mol. The van der Waals surface area contributed by atoms with Gasteiger partial charge in [0.15, 0.2) is 0 Å². The summed E-state index contributed by atoms with van der Waals surface area (Å²) in [7, 11) is 0. The van der Waals surface area contributed by atoms with Crippen LogP contribution in [0, 0.1) is 0 Å². The highest BCUT2D eigenvalue weighted by Gasteiger charge is 2.30. The predicted molar refractivity (Wildman–Crippen MR) is 81.7 cm³/mol. The van der Waals surface area contributed by atoms with Crippen LogP contribution in [0.15, 0.2) is 18.2 Å². The fourth-order valence-corrected chi connectivity index (χ4v) is 2.68. The molecule has 1 N–H and O–H groups in total. The molecular formula is C14H16Cl2N2O3. The summed E-state index contributed by atoms with van der Waals surface area (Å²) in [5.41, 5.74) is 0.494. The van der Waals surface area contributed by atoms with Crippen molar-refractivity contribution in [3.63, 3.8) is 0 Å². The fraction of sp³-hybridized carbons (Fsp3) is 0.429. The number of carbonyl (C=O) groups excluding carboxylic acids is 2. The molecule has 2 amide bonds. The number of ether oxygens (including phenoxy) is 1. The lowest BCUT2D eigenvalue weighted by molar-refractivity contribution is -0.154. The van der Waals surface area contributed by atoms with Crippen LogP contribution in [-0.4, -0.2) is 42.5 Å². The summed E-state index contributed by atoms with van der Waals surface area (Å²) in [5.74, 6) is -0.465. The maximum Gasteiger partial charge on any atom is 0.252 e. The van der Waals surface area contributed by atoms with E-state index in [0.29, 0.717) is 35.4 Å². The molecule has 1 fully saturated rings. The fourth-order valence-electron chi connectivity index (χ4n) is 2.16. The molecule has 0 aromatic heterocycles. The van der Waals surface area contributed by atoms with Gasteiger partial charge < -0.3 is 15.0 Å². The molecule has 1 atom stereocenters. The highest BCUT2D eigenvalue weighted by atomic mass is 35.5. The highest BCUT2D eigenvalue weighted by Crippen LogP contribution is 2.23. The van der Waals surface area contributed by atoms with E-state index in [4.69, 9.17) is 27.9 Å². The highest BCUT2D eigenvalue weighted by molar-refractivity contribution is 6.35. The van der Waals surface area contributed by atoms with Crippen LogP contribution < -0.4 is 5.32 Å².